The van der Waals surface area contributed by atoms with E-state index in [1.54, 1.807) is 12.3 Å². The van der Waals surface area contributed by atoms with Gasteiger partial charge in [-0.3, -0.25) is 15.1 Å². The molecular formula is C13H9N3O3. The van der Waals surface area contributed by atoms with E-state index in [0.29, 0.717) is 5.75 Å². The van der Waals surface area contributed by atoms with E-state index in [9.17, 15) is 10.1 Å². The van der Waals surface area contributed by atoms with Gasteiger partial charge in [0.1, 0.15) is 23.1 Å². The second kappa shape index (κ2) is 5.14. The third-order valence-corrected chi connectivity index (χ3v) is 2.37. The molecule has 2 aromatic rings. The zero-order chi connectivity index (χ0) is 13.8. The molecule has 6 nitrogen and oxygen atoms in total. The van der Waals surface area contributed by atoms with Crippen LogP contribution in [0.4, 0.5) is 5.69 Å². The highest BCUT2D eigenvalue weighted by Gasteiger charge is 2.12. The third kappa shape index (κ3) is 2.84. The van der Waals surface area contributed by atoms with Crippen LogP contribution < -0.4 is 4.74 Å². The summed E-state index contributed by atoms with van der Waals surface area (Å²) >= 11 is 0. The number of rotatable bonds is 3. The summed E-state index contributed by atoms with van der Waals surface area (Å²) in [6.07, 6.45) is 3.18. The maximum Gasteiger partial charge on any atom is 0.271 e. The van der Waals surface area contributed by atoms with Crippen molar-refractivity contribution in [2.24, 2.45) is 0 Å². The van der Waals surface area contributed by atoms with Crippen molar-refractivity contribution in [2.75, 3.05) is 0 Å². The Morgan fingerprint density at radius 1 is 1.37 bits per heavy atom. The zero-order valence-corrected chi connectivity index (χ0v) is 10.0. The van der Waals surface area contributed by atoms with Gasteiger partial charge in [-0.05, 0) is 24.6 Å². The van der Waals surface area contributed by atoms with Crippen LogP contribution in [0.25, 0.3) is 0 Å². The highest BCUT2D eigenvalue weighted by molar-refractivity contribution is 5.51. The first-order valence-corrected chi connectivity index (χ1v) is 5.38. The molecule has 1 heterocycles. The Balaban J connectivity index is 2.36. The molecule has 0 aliphatic heterocycles. The quantitative estimate of drug-likeness (QED) is 0.621. The number of aromatic nitrogens is 1. The van der Waals surface area contributed by atoms with E-state index in [0.717, 1.165) is 5.56 Å². The summed E-state index contributed by atoms with van der Waals surface area (Å²) in [6.45, 7) is 1.86. The average Bonchev–Trinajstić information content (AvgIpc) is 2.39. The summed E-state index contributed by atoms with van der Waals surface area (Å²) in [7, 11) is 0. The van der Waals surface area contributed by atoms with Crippen LogP contribution in [0.3, 0.4) is 0 Å². The summed E-state index contributed by atoms with van der Waals surface area (Å²) in [5.41, 5.74) is 0.875. The van der Waals surface area contributed by atoms with Gasteiger partial charge in [-0.1, -0.05) is 0 Å². The van der Waals surface area contributed by atoms with Gasteiger partial charge in [-0.15, -0.1) is 0 Å². The first-order chi connectivity index (χ1) is 9.10. The average molecular weight is 255 g/mol. The van der Waals surface area contributed by atoms with Crippen LogP contribution in [-0.4, -0.2) is 9.91 Å². The molecule has 1 aromatic carbocycles. The minimum atomic E-state index is -0.557. The number of nitrogens with zero attached hydrogens (tertiary/aromatic N) is 3. The summed E-state index contributed by atoms with van der Waals surface area (Å²) in [4.78, 5) is 14.0. The van der Waals surface area contributed by atoms with E-state index >= 15 is 0 Å². The first kappa shape index (κ1) is 12.5. The van der Waals surface area contributed by atoms with Crippen LogP contribution in [0.2, 0.25) is 0 Å². The van der Waals surface area contributed by atoms with Crippen molar-refractivity contribution in [1.29, 1.82) is 5.26 Å². The number of hydrogen-bond acceptors (Lipinski definition) is 5. The smallest absolute Gasteiger partial charge is 0.271 e. The number of nitriles is 1. The molecule has 0 N–H and O–H groups in total. The number of ether oxygens (including phenoxy) is 1. The summed E-state index contributed by atoms with van der Waals surface area (Å²) in [5, 5.41) is 19.6. The normalized spacial score (nSPS) is 9.68. The first-order valence-electron chi connectivity index (χ1n) is 5.38. The standard InChI is InChI=1S/C13H9N3O3/c1-9-4-12(8-15-7-9)19-13-3-2-11(16(17)18)5-10(13)6-14/h2-5,7-8H,1H3. The molecule has 0 radical (unpaired) electrons. The maximum atomic E-state index is 10.6. The molecule has 6 heteroatoms. The van der Waals surface area contributed by atoms with Gasteiger partial charge < -0.3 is 4.74 Å². The largest absolute Gasteiger partial charge is 0.454 e. The van der Waals surface area contributed by atoms with Crippen molar-refractivity contribution < 1.29 is 9.66 Å². The molecule has 0 amide bonds. The Morgan fingerprint density at radius 2 is 2.16 bits per heavy atom. The predicted molar refractivity (Wildman–Crippen MR) is 66.9 cm³/mol. The van der Waals surface area contributed by atoms with Gasteiger partial charge in [-0.25, -0.2) is 0 Å². The molecule has 0 aliphatic rings. The van der Waals surface area contributed by atoms with Crippen LogP contribution >= 0.6 is 0 Å². The fraction of sp³-hybridized carbons (Fsp3) is 0.0769. The fourth-order valence-corrected chi connectivity index (χ4v) is 1.52. The molecule has 0 atom stereocenters. The van der Waals surface area contributed by atoms with Gasteiger partial charge in [-0.2, -0.15) is 5.26 Å². The lowest BCUT2D eigenvalue weighted by Crippen LogP contribution is -1.93. The van der Waals surface area contributed by atoms with Crippen LogP contribution in [0.5, 0.6) is 11.5 Å². The Morgan fingerprint density at radius 3 is 2.79 bits per heavy atom. The molecule has 1 aromatic heterocycles. The van der Waals surface area contributed by atoms with Crippen LogP contribution in [0, 0.1) is 28.4 Å². The van der Waals surface area contributed by atoms with Gasteiger partial charge in [0.05, 0.1) is 11.1 Å². The van der Waals surface area contributed by atoms with E-state index in [2.05, 4.69) is 4.98 Å². The topological polar surface area (TPSA) is 89.1 Å². The number of aryl methyl sites for hydroxylation is 1. The van der Waals surface area contributed by atoms with Crippen LogP contribution in [-0.2, 0) is 0 Å². The van der Waals surface area contributed by atoms with Crippen molar-refractivity contribution in [3.63, 3.8) is 0 Å². The molecule has 2 rings (SSSR count). The maximum absolute atomic E-state index is 10.6. The van der Waals surface area contributed by atoms with Crippen LogP contribution in [0.15, 0.2) is 36.7 Å². The van der Waals surface area contributed by atoms with Gasteiger partial charge in [0.25, 0.3) is 5.69 Å². The monoisotopic (exact) mass is 255 g/mol. The molecule has 0 bridgehead atoms. The molecule has 19 heavy (non-hydrogen) atoms. The van der Waals surface area contributed by atoms with Crippen molar-refractivity contribution in [3.05, 3.63) is 57.9 Å². The molecule has 0 aliphatic carbocycles. The van der Waals surface area contributed by atoms with Gasteiger partial charge in [0.2, 0.25) is 0 Å². The number of hydrogen-bond donors (Lipinski definition) is 0. The van der Waals surface area contributed by atoms with Crippen molar-refractivity contribution in [3.8, 4) is 17.6 Å². The highest BCUT2D eigenvalue weighted by atomic mass is 16.6. The van der Waals surface area contributed by atoms with Gasteiger partial charge in [0, 0.05) is 18.3 Å². The Bertz CT molecular complexity index is 677. The van der Waals surface area contributed by atoms with E-state index in [-0.39, 0.29) is 17.0 Å². The molecular weight excluding hydrogens is 246 g/mol. The molecule has 0 unspecified atom stereocenters. The Kier molecular flexibility index (Phi) is 3.39. The predicted octanol–water partition coefficient (Wildman–Crippen LogP) is 2.96. The lowest BCUT2D eigenvalue weighted by Gasteiger charge is -2.07. The molecule has 0 saturated heterocycles. The number of pyridine rings is 1. The minimum Gasteiger partial charge on any atom is -0.454 e. The zero-order valence-electron chi connectivity index (χ0n) is 10.0. The lowest BCUT2D eigenvalue weighted by molar-refractivity contribution is -0.384. The molecule has 94 valence electrons. The third-order valence-electron chi connectivity index (χ3n) is 2.37. The van der Waals surface area contributed by atoms with E-state index < -0.39 is 4.92 Å². The van der Waals surface area contributed by atoms with Crippen molar-refractivity contribution >= 4 is 5.69 Å². The summed E-state index contributed by atoms with van der Waals surface area (Å²) < 4.78 is 5.51. The van der Waals surface area contributed by atoms with Crippen LogP contribution in [0.1, 0.15) is 11.1 Å². The second-order valence-electron chi connectivity index (χ2n) is 3.85. The van der Waals surface area contributed by atoms with Gasteiger partial charge in [0.15, 0.2) is 0 Å². The SMILES string of the molecule is Cc1cncc(Oc2ccc([N+](=O)[O-])cc2C#N)c1. The minimum absolute atomic E-state index is 0.107. The number of nitro groups is 1. The molecule has 0 saturated carbocycles. The van der Waals surface area contributed by atoms with Crippen molar-refractivity contribution in [1.82, 2.24) is 4.98 Å². The second-order valence-corrected chi connectivity index (χ2v) is 3.85. The highest BCUT2D eigenvalue weighted by Crippen LogP contribution is 2.28. The number of nitro benzene ring substituents is 1. The Hall–Kier alpha value is -2.94. The van der Waals surface area contributed by atoms with E-state index in [4.69, 9.17) is 10.00 Å². The molecule has 0 fully saturated rings. The van der Waals surface area contributed by atoms with E-state index in [1.165, 1.54) is 24.4 Å². The van der Waals surface area contributed by atoms with Gasteiger partial charge >= 0.3 is 0 Å². The number of non-ortho nitro benzene ring substituents is 1. The Labute approximate surface area is 109 Å². The summed E-state index contributed by atoms with van der Waals surface area (Å²) in [5.74, 6) is 0.742. The lowest BCUT2D eigenvalue weighted by atomic mass is 10.2. The number of benzene rings is 1. The van der Waals surface area contributed by atoms with Crippen molar-refractivity contribution in [2.45, 2.75) is 6.92 Å². The van der Waals surface area contributed by atoms with E-state index in [1.807, 2.05) is 13.0 Å². The molecule has 0 spiro atoms. The fourth-order valence-electron chi connectivity index (χ4n) is 1.52. The summed E-state index contributed by atoms with van der Waals surface area (Å²) in [6, 6.07) is 7.51.